The summed E-state index contributed by atoms with van der Waals surface area (Å²) in [4.78, 5) is 23.2. The van der Waals surface area contributed by atoms with E-state index in [-0.39, 0.29) is 0 Å². The maximum Gasteiger partial charge on any atom is 0.286 e. The number of aryl methyl sites for hydroxylation is 2. The van der Waals surface area contributed by atoms with Crippen LogP contribution in [0.1, 0.15) is 27.8 Å². The van der Waals surface area contributed by atoms with Gasteiger partial charge in [0.05, 0.1) is 0 Å². The Morgan fingerprint density at radius 3 is 2.06 bits per heavy atom. The number of carbonyl (C=O) groups excluding carboxylic acids is 2. The quantitative estimate of drug-likeness (QED) is 0.592. The summed E-state index contributed by atoms with van der Waals surface area (Å²) in [6.07, 6.45) is 0.354. The van der Waals surface area contributed by atoms with Crippen molar-refractivity contribution in [2.24, 2.45) is 0 Å². The van der Waals surface area contributed by atoms with Gasteiger partial charge in [0.1, 0.15) is 0 Å². The third kappa shape index (κ3) is 2.73. The summed E-state index contributed by atoms with van der Waals surface area (Å²) in [6, 6.07) is 2.15. The van der Waals surface area contributed by atoms with Gasteiger partial charge in [0, 0.05) is 13.6 Å². The molecule has 0 atom stereocenters. The number of benzene rings is 1. The molecule has 0 heterocycles. The highest BCUT2D eigenvalue weighted by Gasteiger charge is 2.13. The topological polar surface area (TPSA) is 37.4 Å². The molecule has 1 aromatic carbocycles. The molecule has 0 aromatic heterocycles. The third-order valence-corrected chi connectivity index (χ3v) is 3.39. The molecule has 0 aliphatic heterocycles. The molecule has 3 nitrogen and oxygen atoms in total. The number of hydrogen-bond acceptors (Lipinski definition) is 2. The summed E-state index contributed by atoms with van der Waals surface area (Å²) in [6.45, 7) is 8.71. The first-order chi connectivity index (χ1) is 7.88. The van der Waals surface area contributed by atoms with Crippen molar-refractivity contribution in [2.45, 2.75) is 34.2 Å². The van der Waals surface area contributed by atoms with Crippen LogP contribution in [0.5, 0.6) is 0 Å². The Hall–Kier alpha value is -1.64. The van der Waals surface area contributed by atoms with Crippen LogP contribution >= 0.6 is 0 Å². The molecule has 0 radical (unpaired) electrons. The van der Waals surface area contributed by atoms with Crippen LogP contribution in [0.25, 0.3) is 0 Å². The fourth-order valence-corrected chi connectivity index (χ4v) is 1.94. The van der Waals surface area contributed by atoms with E-state index in [4.69, 9.17) is 0 Å². The average Bonchev–Trinajstić information content (AvgIpc) is 2.30. The fraction of sp³-hybridized carbons (Fsp3) is 0.429. The number of nitrogens with zero attached hydrogens (tertiary/aromatic N) is 1. The van der Waals surface area contributed by atoms with Gasteiger partial charge < -0.3 is 4.90 Å². The molecule has 1 aromatic rings. The van der Waals surface area contributed by atoms with Crippen LogP contribution in [0.15, 0.2) is 6.07 Å². The Morgan fingerprint density at radius 2 is 1.65 bits per heavy atom. The monoisotopic (exact) mass is 233 g/mol. The van der Waals surface area contributed by atoms with Crippen LogP contribution < -0.4 is 0 Å². The standard InChI is InChI=1S/C14H19NO2/c1-9-6-10(2)12(4)13(11(9)3)7-15(5)14(17)8-16/h6,8H,7H2,1-5H3. The van der Waals surface area contributed by atoms with E-state index in [1.54, 1.807) is 7.05 Å². The maximum atomic E-state index is 11.3. The number of rotatable bonds is 3. The van der Waals surface area contributed by atoms with Crippen LogP contribution in [0.2, 0.25) is 0 Å². The van der Waals surface area contributed by atoms with Gasteiger partial charge in [-0.15, -0.1) is 0 Å². The van der Waals surface area contributed by atoms with Gasteiger partial charge in [0.15, 0.2) is 0 Å². The first-order valence-electron chi connectivity index (χ1n) is 5.65. The van der Waals surface area contributed by atoms with Crippen molar-refractivity contribution in [3.63, 3.8) is 0 Å². The summed E-state index contributed by atoms with van der Waals surface area (Å²) >= 11 is 0. The molecule has 1 amide bonds. The predicted molar refractivity (Wildman–Crippen MR) is 67.9 cm³/mol. The molecule has 0 aliphatic carbocycles. The Bertz CT molecular complexity index is 438. The van der Waals surface area contributed by atoms with Gasteiger partial charge in [0.25, 0.3) is 5.91 Å². The van der Waals surface area contributed by atoms with E-state index in [1.807, 2.05) is 0 Å². The zero-order valence-electron chi connectivity index (χ0n) is 11.1. The van der Waals surface area contributed by atoms with Gasteiger partial charge in [0.2, 0.25) is 6.29 Å². The molecule has 0 fully saturated rings. The molecule has 0 spiro atoms. The number of hydrogen-bond donors (Lipinski definition) is 0. The van der Waals surface area contributed by atoms with Gasteiger partial charge in [-0.05, 0) is 55.5 Å². The van der Waals surface area contributed by atoms with Crippen LogP contribution in [0.3, 0.4) is 0 Å². The Labute approximate surface area is 102 Å². The molecule has 0 aliphatic rings. The van der Waals surface area contributed by atoms with Gasteiger partial charge in [-0.2, -0.15) is 0 Å². The maximum absolute atomic E-state index is 11.3. The SMILES string of the molecule is Cc1cc(C)c(C)c(CN(C)C(=O)C=O)c1C. The summed E-state index contributed by atoms with van der Waals surface area (Å²) in [5.41, 5.74) is 5.96. The van der Waals surface area contributed by atoms with Crippen molar-refractivity contribution in [3.05, 3.63) is 33.9 Å². The Balaban J connectivity index is 3.14. The van der Waals surface area contributed by atoms with Crippen molar-refractivity contribution < 1.29 is 9.59 Å². The smallest absolute Gasteiger partial charge is 0.286 e. The van der Waals surface area contributed by atoms with E-state index in [9.17, 15) is 9.59 Å². The van der Waals surface area contributed by atoms with Gasteiger partial charge in [-0.3, -0.25) is 9.59 Å². The number of aldehydes is 1. The molecule has 0 saturated heterocycles. The highest BCUT2D eigenvalue weighted by atomic mass is 16.2. The van der Waals surface area contributed by atoms with Crippen molar-refractivity contribution in [2.75, 3.05) is 7.05 Å². The minimum atomic E-state index is -0.483. The summed E-state index contributed by atoms with van der Waals surface area (Å²) < 4.78 is 0. The molecule has 0 unspecified atom stereocenters. The molecule has 0 bridgehead atoms. The zero-order valence-corrected chi connectivity index (χ0v) is 11.1. The van der Waals surface area contributed by atoms with Crippen LogP contribution in [-0.2, 0) is 16.1 Å². The molecule has 0 N–H and O–H groups in total. The molecular formula is C14H19NO2. The Kier molecular flexibility index (Phi) is 4.05. The summed E-state index contributed by atoms with van der Waals surface area (Å²) in [7, 11) is 1.65. The van der Waals surface area contributed by atoms with Gasteiger partial charge >= 0.3 is 0 Å². The molecule has 3 heteroatoms. The summed E-state index contributed by atoms with van der Waals surface area (Å²) in [5, 5.41) is 0. The van der Waals surface area contributed by atoms with Crippen molar-refractivity contribution >= 4 is 12.2 Å². The molecule has 0 saturated carbocycles. The van der Waals surface area contributed by atoms with E-state index < -0.39 is 5.91 Å². The minimum absolute atomic E-state index is 0.354. The molecule has 92 valence electrons. The van der Waals surface area contributed by atoms with Crippen LogP contribution in [0, 0.1) is 27.7 Å². The number of carbonyl (C=O) groups is 2. The van der Waals surface area contributed by atoms with E-state index >= 15 is 0 Å². The third-order valence-electron chi connectivity index (χ3n) is 3.39. The van der Waals surface area contributed by atoms with Crippen LogP contribution in [0.4, 0.5) is 0 Å². The molecule has 17 heavy (non-hydrogen) atoms. The lowest BCUT2D eigenvalue weighted by molar-refractivity contribution is -0.138. The van der Waals surface area contributed by atoms with Crippen molar-refractivity contribution in [1.82, 2.24) is 4.90 Å². The van der Waals surface area contributed by atoms with E-state index in [0.717, 1.165) is 5.56 Å². The minimum Gasteiger partial charge on any atom is -0.335 e. The fourth-order valence-electron chi connectivity index (χ4n) is 1.94. The first-order valence-corrected chi connectivity index (χ1v) is 5.65. The highest BCUT2D eigenvalue weighted by molar-refractivity contribution is 6.23. The van der Waals surface area contributed by atoms with E-state index in [2.05, 4.69) is 33.8 Å². The second-order valence-electron chi connectivity index (χ2n) is 4.55. The lowest BCUT2D eigenvalue weighted by Gasteiger charge is -2.20. The van der Waals surface area contributed by atoms with E-state index in [0.29, 0.717) is 12.8 Å². The number of likely N-dealkylation sites (N-methyl/N-ethyl adjacent to an activating group) is 1. The second-order valence-corrected chi connectivity index (χ2v) is 4.55. The molecule has 1 rings (SSSR count). The van der Waals surface area contributed by atoms with E-state index in [1.165, 1.54) is 27.2 Å². The molecular weight excluding hydrogens is 214 g/mol. The lowest BCUT2D eigenvalue weighted by Crippen LogP contribution is -2.27. The lowest BCUT2D eigenvalue weighted by atomic mass is 9.94. The summed E-state index contributed by atoms with van der Waals surface area (Å²) in [5.74, 6) is -0.483. The van der Waals surface area contributed by atoms with Crippen molar-refractivity contribution in [3.8, 4) is 0 Å². The Morgan fingerprint density at radius 1 is 1.18 bits per heavy atom. The second kappa shape index (κ2) is 5.13. The zero-order chi connectivity index (χ0) is 13.2. The van der Waals surface area contributed by atoms with Crippen molar-refractivity contribution in [1.29, 1.82) is 0 Å². The highest BCUT2D eigenvalue weighted by Crippen LogP contribution is 2.22. The van der Waals surface area contributed by atoms with Gasteiger partial charge in [-0.1, -0.05) is 6.07 Å². The van der Waals surface area contributed by atoms with Gasteiger partial charge in [-0.25, -0.2) is 0 Å². The predicted octanol–water partition coefficient (Wildman–Crippen LogP) is 2.08. The first kappa shape index (κ1) is 13.4. The van der Waals surface area contributed by atoms with Crippen LogP contribution in [-0.4, -0.2) is 24.1 Å². The normalized spacial score (nSPS) is 10.2. The average molecular weight is 233 g/mol. The largest absolute Gasteiger partial charge is 0.335 e. The number of amides is 1.